The zero-order valence-corrected chi connectivity index (χ0v) is 10.4. The van der Waals surface area contributed by atoms with Gasteiger partial charge >= 0.3 is 0 Å². The van der Waals surface area contributed by atoms with Gasteiger partial charge in [-0.15, -0.1) is 0 Å². The second-order valence-corrected chi connectivity index (χ2v) is 5.21. The van der Waals surface area contributed by atoms with Crippen molar-refractivity contribution < 1.29 is 8.78 Å². The van der Waals surface area contributed by atoms with Crippen LogP contribution in [0.2, 0.25) is 0 Å². The number of rotatable bonds is 5. The van der Waals surface area contributed by atoms with Gasteiger partial charge in [0.2, 0.25) is 0 Å². The molecular weight excluding hydrogens is 220 g/mol. The van der Waals surface area contributed by atoms with E-state index in [4.69, 9.17) is 0 Å². The minimum atomic E-state index is -0.774. The zero-order valence-electron chi connectivity index (χ0n) is 10.4. The lowest BCUT2D eigenvalue weighted by molar-refractivity contribution is 0.364. The van der Waals surface area contributed by atoms with Gasteiger partial charge in [0.1, 0.15) is 0 Å². The lowest BCUT2D eigenvalue weighted by Crippen LogP contribution is -2.28. The fraction of sp³-hybridized carbons (Fsp3) is 0.571. The highest BCUT2D eigenvalue weighted by Crippen LogP contribution is 2.54. The van der Waals surface area contributed by atoms with Gasteiger partial charge in [-0.2, -0.15) is 0 Å². The Morgan fingerprint density at radius 1 is 1.29 bits per heavy atom. The molecule has 1 aliphatic carbocycles. The summed E-state index contributed by atoms with van der Waals surface area (Å²) in [5, 5.41) is 3.45. The maximum atomic E-state index is 13.3. The molecule has 3 heteroatoms. The molecule has 1 aromatic rings. The van der Waals surface area contributed by atoms with Crippen LogP contribution in [0.15, 0.2) is 18.2 Å². The number of nitrogens with one attached hydrogen (secondary N) is 1. The molecule has 0 radical (unpaired) electrons. The molecular formula is C14H19F2N. The Hall–Kier alpha value is -0.960. The van der Waals surface area contributed by atoms with Crippen LogP contribution in [0.25, 0.3) is 0 Å². The molecule has 1 saturated carbocycles. The Bertz CT molecular complexity index is 399. The fourth-order valence-electron chi connectivity index (χ4n) is 2.23. The highest BCUT2D eigenvalue weighted by atomic mass is 19.2. The summed E-state index contributed by atoms with van der Waals surface area (Å²) in [7, 11) is 0. The Balaban J connectivity index is 2.22. The van der Waals surface area contributed by atoms with Gasteiger partial charge in [0, 0.05) is 6.04 Å². The van der Waals surface area contributed by atoms with Crippen molar-refractivity contribution >= 4 is 0 Å². The first-order valence-electron chi connectivity index (χ1n) is 6.25. The smallest absolute Gasteiger partial charge is 0.159 e. The van der Waals surface area contributed by atoms with Crippen molar-refractivity contribution in [2.24, 2.45) is 5.41 Å². The van der Waals surface area contributed by atoms with Gasteiger partial charge in [0.05, 0.1) is 0 Å². The van der Waals surface area contributed by atoms with E-state index in [9.17, 15) is 8.78 Å². The van der Waals surface area contributed by atoms with Crippen LogP contribution < -0.4 is 5.32 Å². The molecule has 94 valence electrons. The van der Waals surface area contributed by atoms with E-state index in [0.717, 1.165) is 31.4 Å². The van der Waals surface area contributed by atoms with Gasteiger partial charge < -0.3 is 5.32 Å². The SMILES string of the molecule is CCCNC(c1ccc(F)c(F)c1)C1(C)CC1. The van der Waals surface area contributed by atoms with Crippen LogP contribution in [0.5, 0.6) is 0 Å². The lowest BCUT2D eigenvalue weighted by atomic mass is 9.91. The van der Waals surface area contributed by atoms with E-state index in [1.165, 1.54) is 12.1 Å². The van der Waals surface area contributed by atoms with Crippen LogP contribution in [0, 0.1) is 17.0 Å². The molecule has 0 bridgehead atoms. The monoisotopic (exact) mass is 239 g/mol. The highest BCUT2D eigenvalue weighted by molar-refractivity contribution is 5.25. The average molecular weight is 239 g/mol. The average Bonchev–Trinajstić information content (AvgIpc) is 3.03. The van der Waals surface area contributed by atoms with Crippen LogP contribution >= 0.6 is 0 Å². The van der Waals surface area contributed by atoms with E-state index >= 15 is 0 Å². The second kappa shape index (κ2) is 4.73. The third-order valence-electron chi connectivity index (χ3n) is 3.61. The predicted molar refractivity (Wildman–Crippen MR) is 64.7 cm³/mol. The Labute approximate surface area is 101 Å². The van der Waals surface area contributed by atoms with Crippen molar-refractivity contribution in [1.82, 2.24) is 5.32 Å². The second-order valence-electron chi connectivity index (χ2n) is 5.21. The van der Waals surface area contributed by atoms with E-state index in [0.29, 0.717) is 0 Å². The number of hydrogen-bond donors (Lipinski definition) is 1. The van der Waals surface area contributed by atoms with E-state index in [-0.39, 0.29) is 11.5 Å². The van der Waals surface area contributed by atoms with Crippen molar-refractivity contribution in [3.63, 3.8) is 0 Å². The molecule has 0 heterocycles. The predicted octanol–water partition coefficient (Wildman–Crippen LogP) is 3.81. The summed E-state index contributed by atoms with van der Waals surface area (Å²) in [5.41, 5.74) is 1.07. The molecule has 1 atom stereocenters. The first-order chi connectivity index (χ1) is 8.07. The van der Waals surface area contributed by atoms with Gasteiger partial charge in [-0.3, -0.25) is 0 Å². The number of halogens is 2. The van der Waals surface area contributed by atoms with Crippen molar-refractivity contribution in [2.45, 2.75) is 39.2 Å². The Kier molecular flexibility index (Phi) is 3.48. The first-order valence-corrected chi connectivity index (χ1v) is 6.25. The van der Waals surface area contributed by atoms with Crippen molar-refractivity contribution in [3.05, 3.63) is 35.4 Å². The molecule has 0 aliphatic heterocycles. The van der Waals surface area contributed by atoms with Crippen LogP contribution in [-0.4, -0.2) is 6.54 Å². The lowest BCUT2D eigenvalue weighted by Gasteiger charge is -2.25. The molecule has 1 aromatic carbocycles. The van der Waals surface area contributed by atoms with Gasteiger partial charge in [-0.25, -0.2) is 8.78 Å². The quantitative estimate of drug-likeness (QED) is 0.824. The normalized spacial score (nSPS) is 19.1. The fourth-order valence-corrected chi connectivity index (χ4v) is 2.23. The summed E-state index contributed by atoms with van der Waals surface area (Å²) in [4.78, 5) is 0. The number of benzene rings is 1. The highest BCUT2D eigenvalue weighted by Gasteiger charge is 2.45. The zero-order chi connectivity index (χ0) is 12.5. The summed E-state index contributed by atoms with van der Waals surface area (Å²) in [6.07, 6.45) is 3.33. The van der Waals surface area contributed by atoms with Gasteiger partial charge in [0.15, 0.2) is 11.6 Å². The first kappa shape index (κ1) is 12.5. The summed E-state index contributed by atoms with van der Waals surface area (Å²) >= 11 is 0. The van der Waals surface area contributed by atoms with E-state index in [2.05, 4.69) is 19.2 Å². The summed E-state index contributed by atoms with van der Waals surface area (Å²) < 4.78 is 26.2. The minimum Gasteiger partial charge on any atom is -0.309 e. The van der Waals surface area contributed by atoms with Gasteiger partial charge in [-0.1, -0.05) is 19.9 Å². The molecule has 2 rings (SSSR count). The van der Waals surface area contributed by atoms with E-state index in [1.807, 2.05) is 0 Å². The maximum Gasteiger partial charge on any atom is 0.159 e. The third kappa shape index (κ3) is 2.65. The summed E-state index contributed by atoms with van der Waals surface area (Å²) in [6, 6.07) is 4.37. The van der Waals surface area contributed by atoms with Gasteiger partial charge in [0.25, 0.3) is 0 Å². The van der Waals surface area contributed by atoms with Crippen LogP contribution in [0.3, 0.4) is 0 Å². The van der Waals surface area contributed by atoms with E-state index in [1.54, 1.807) is 6.07 Å². The van der Waals surface area contributed by atoms with E-state index < -0.39 is 11.6 Å². The van der Waals surface area contributed by atoms with Crippen LogP contribution in [0.1, 0.15) is 44.7 Å². The number of hydrogen-bond acceptors (Lipinski definition) is 1. The van der Waals surface area contributed by atoms with Crippen LogP contribution in [-0.2, 0) is 0 Å². The summed E-state index contributed by atoms with van der Waals surface area (Å²) in [6.45, 7) is 5.20. The third-order valence-corrected chi connectivity index (χ3v) is 3.61. The topological polar surface area (TPSA) is 12.0 Å². The molecule has 0 amide bonds. The Morgan fingerprint density at radius 2 is 2.00 bits per heavy atom. The molecule has 1 N–H and O–H groups in total. The van der Waals surface area contributed by atoms with Crippen LogP contribution in [0.4, 0.5) is 8.78 Å². The molecule has 0 spiro atoms. The largest absolute Gasteiger partial charge is 0.309 e. The summed E-state index contributed by atoms with van der Waals surface area (Å²) in [5.74, 6) is -1.53. The Morgan fingerprint density at radius 3 is 2.53 bits per heavy atom. The molecule has 1 unspecified atom stereocenters. The molecule has 17 heavy (non-hydrogen) atoms. The molecule has 1 nitrogen and oxygen atoms in total. The minimum absolute atomic E-state index is 0.137. The molecule has 1 aliphatic rings. The maximum absolute atomic E-state index is 13.3. The van der Waals surface area contributed by atoms with Gasteiger partial charge in [-0.05, 0) is 48.9 Å². The molecule has 0 aromatic heterocycles. The standard InChI is InChI=1S/C14H19F2N/c1-3-8-17-13(14(2)6-7-14)10-4-5-11(15)12(16)9-10/h4-5,9,13,17H,3,6-8H2,1-2H3. The molecule has 1 fully saturated rings. The molecule has 0 saturated heterocycles. The van der Waals surface area contributed by atoms with Crippen molar-refractivity contribution in [3.8, 4) is 0 Å². The van der Waals surface area contributed by atoms with Crippen molar-refractivity contribution in [2.75, 3.05) is 6.54 Å². The van der Waals surface area contributed by atoms with Crippen molar-refractivity contribution in [1.29, 1.82) is 0 Å².